The third-order valence-corrected chi connectivity index (χ3v) is 6.81. The molecule has 1 amide bonds. The van der Waals surface area contributed by atoms with E-state index in [-0.39, 0.29) is 32.1 Å². The SMILES string of the molecule is COc1ccc(Cl)cc1/C=C/C(=O)N1CCN(S(=O)(=O)c2cc(F)ccc2F)CC1. The molecule has 0 aromatic heterocycles. The van der Waals surface area contributed by atoms with E-state index in [1.54, 1.807) is 24.3 Å². The van der Waals surface area contributed by atoms with Crippen molar-refractivity contribution < 1.29 is 26.7 Å². The number of benzene rings is 2. The molecule has 2 aromatic carbocycles. The maximum absolute atomic E-state index is 13.9. The number of methoxy groups -OCH3 is 1. The van der Waals surface area contributed by atoms with E-state index in [1.807, 2.05) is 0 Å². The zero-order chi connectivity index (χ0) is 21.9. The molecule has 0 N–H and O–H groups in total. The summed E-state index contributed by atoms with van der Waals surface area (Å²) < 4.78 is 58.8. The minimum atomic E-state index is -4.20. The fraction of sp³-hybridized carbons (Fsp3) is 0.250. The van der Waals surface area contributed by atoms with E-state index >= 15 is 0 Å². The van der Waals surface area contributed by atoms with Gasteiger partial charge < -0.3 is 9.64 Å². The van der Waals surface area contributed by atoms with Gasteiger partial charge in [-0.05, 0) is 42.5 Å². The van der Waals surface area contributed by atoms with Crippen molar-refractivity contribution in [3.05, 3.63) is 64.7 Å². The highest BCUT2D eigenvalue weighted by molar-refractivity contribution is 7.89. The zero-order valence-corrected chi connectivity index (χ0v) is 17.6. The molecule has 6 nitrogen and oxygen atoms in total. The number of nitrogens with zero attached hydrogens (tertiary/aromatic N) is 2. The maximum Gasteiger partial charge on any atom is 0.246 e. The first kappa shape index (κ1) is 22.2. The van der Waals surface area contributed by atoms with E-state index < -0.39 is 26.6 Å². The first-order valence-corrected chi connectivity index (χ1v) is 10.8. The van der Waals surface area contributed by atoms with Crippen molar-refractivity contribution in [1.29, 1.82) is 0 Å². The zero-order valence-electron chi connectivity index (χ0n) is 16.0. The van der Waals surface area contributed by atoms with Gasteiger partial charge in [-0.1, -0.05) is 11.6 Å². The molecule has 0 aliphatic carbocycles. The Morgan fingerprint density at radius 2 is 1.80 bits per heavy atom. The smallest absolute Gasteiger partial charge is 0.246 e. The predicted octanol–water partition coefficient (Wildman–Crippen LogP) is 3.17. The summed E-state index contributed by atoms with van der Waals surface area (Å²) in [6, 6.07) is 7.29. The quantitative estimate of drug-likeness (QED) is 0.648. The standard InChI is InChI=1S/C20H19ClF2N2O4S/c1-29-18-6-3-15(21)12-14(18)2-7-20(26)24-8-10-25(11-9-24)30(27,28)19-13-16(22)4-5-17(19)23/h2-7,12-13H,8-11H2,1H3/b7-2+. The lowest BCUT2D eigenvalue weighted by molar-refractivity contribution is -0.127. The Labute approximate surface area is 178 Å². The molecular weight excluding hydrogens is 438 g/mol. The molecule has 1 heterocycles. The van der Waals surface area contributed by atoms with Crippen LogP contribution in [0.5, 0.6) is 5.75 Å². The maximum atomic E-state index is 13.9. The Morgan fingerprint density at radius 1 is 1.10 bits per heavy atom. The summed E-state index contributed by atoms with van der Waals surface area (Å²) >= 11 is 5.97. The second-order valence-corrected chi connectivity index (χ2v) is 8.87. The molecule has 2 aromatic rings. The molecular formula is C20H19ClF2N2O4S. The van der Waals surface area contributed by atoms with Gasteiger partial charge in [-0.3, -0.25) is 4.79 Å². The van der Waals surface area contributed by atoms with Crippen LogP contribution in [-0.4, -0.2) is 56.8 Å². The number of hydrogen-bond acceptors (Lipinski definition) is 4. The van der Waals surface area contributed by atoms with Crippen LogP contribution >= 0.6 is 11.6 Å². The van der Waals surface area contributed by atoms with Gasteiger partial charge in [-0.25, -0.2) is 17.2 Å². The lowest BCUT2D eigenvalue weighted by atomic mass is 10.2. The number of ether oxygens (including phenoxy) is 1. The van der Waals surface area contributed by atoms with Gasteiger partial charge in [-0.15, -0.1) is 0 Å². The fourth-order valence-corrected chi connectivity index (χ4v) is 4.74. The second-order valence-electron chi connectivity index (χ2n) is 6.52. The minimum Gasteiger partial charge on any atom is -0.496 e. The monoisotopic (exact) mass is 456 g/mol. The highest BCUT2D eigenvalue weighted by Gasteiger charge is 2.31. The molecule has 1 aliphatic heterocycles. The second kappa shape index (κ2) is 9.11. The van der Waals surface area contributed by atoms with Gasteiger partial charge in [0.1, 0.15) is 22.3 Å². The summed E-state index contributed by atoms with van der Waals surface area (Å²) in [6.45, 7) is 0.175. The van der Waals surface area contributed by atoms with Gasteiger partial charge >= 0.3 is 0 Å². The topological polar surface area (TPSA) is 66.9 Å². The van der Waals surface area contributed by atoms with Gasteiger partial charge in [0.15, 0.2) is 0 Å². The van der Waals surface area contributed by atoms with Crippen LogP contribution in [0.15, 0.2) is 47.4 Å². The van der Waals surface area contributed by atoms with Crippen molar-refractivity contribution in [2.45, 2.75) is 4.90 Å². The van der Waals surface area contributed by atoms with Crippen molar-refractivity contribution in [3.8, 4) is 5.75 Å². The third-order valence-electron chi connectivity index (χ3n) is 4.66. The molecule has 0 saturated carbocycles. The molecule has 1 fully saturated rings. The van der Waals surface area contributed by atoms with E-state index in [0.717, 1.165) is 16.4 Å². The lowest BCUT2D eigenvalue weighted by Crippen LogP contribution is -2.50. The van der Waals surface area contributed by atoms with Crippen LogP contribution in [-0.2, 0) is 14.8 Å². The summed E-state index contributed by atoms with van der Waals surface area (Å²) in [4.78, 5) is 13.2. The Hall–Kier alpha value is -2.49. The number of amides is 1. The average Bonchev–Trinajstić information content (AvgIpc) is 2.73. The molecule has 0 radical (unpaired) electrons. The van der Waals surface area contributed by atoms with Gasteiger partial charge in [0, 0.05) is 42.8 Å². The average molecular weight is 457 g/mol. The highest BCUT2D eigenvalue weighted by atomic mass is 35.5. The first-order chi connectivity index (χ1) is 14.2. The van der Waals surface area contributed by atoms with E-state index in [2.05, 4.69) is 0 Å². The van der Waals surface area contributed by atoms with Crippen LogP contribution in [0.3, 0.4) is 0 Å². The number of hydrogen-bond donors (Lipinski definition) is 0. The van der Waals surface area contributed by atoms with E-state index in [4.69, 9.17) is 16.3 Å². The van der Waals surface area contributed by atoms with Crippen LogP contribution in [0.2, 0.25) is 5.02 Å². The van der Waals surface area contributed by atoms with Crippen LogP contribution in [0.25, 0.3) is 6.08 Å². The number of sulfonamides is 1. The lowest BCUT2D eigenvalue weighted by Gasteiger charge is -2.33. The summed E-state index contributed by atoms with van der Waals surface area (Å²) in [6.07, 6.45) is 2.92. The van der Waals surface area contributed by atoms with Gasteiger partial charge in [0.05, 0.1) is 7.11 Å². The van der Waals surface area contributed by atoms with Crippen LogP contribution < -0.4 is 4.74 Å². The van der Waals surface area contributed by atoms with Crippen LogP contribution in [0.1, 0.15) is 5.56 Å². The molecule has 30 heavy (non-hydrogen) atoms. The fourth-order valence-electron chi connectivity index (χ4n) is 3.06. The predicted molar refractivity (Wildman–Crippen MR) is 109 cm³/mol. The number of rotatable bonds is 5. The largest absolute Gasteiger partial charge is 0.496 e. The van der Waals surface area contributed by atoms with Crippen molar-refractivity contribution in [2.75, 3.05) is 33.3 Å². The van der Waals surface area contributed by atoms with Crippen molar-refractivity contribution in [1.82, 2.24) is 9.21 Å². The first-order valence-electron chi connectivity index (χ1n) is 8.98. The number of halogens is 3. The Balaban J connectivity index is 1.67. The molecule has 3 rings (SSSR count). The summed E-state index contributed by atoms with van der Waals surface area (Å²) in [5.74, 6) is -1.62. The van der Waals surface area contributed by atoms with Crippen molar-refractivity contribution >= 4 is 33.6 Å². The molecule has 0 spiro atoms. The summed E-state index contributed by atoms with van der Waals surface area (Å²) in [5, 5.41) is 0.492. The summed E-state index contributed by atoms with van der Waals surface area (Å²) in [5.41, 5.74) is 0.626. The molecule has 0 bridgehead atoms. The number of carbonyl (C=O) groups excluding carboxylic acids is 1. The number of piperazine rings is 1. The Morgan fingerprint density at radius 3 is 2.47 bits per heavy atom. The Bertz CT molecular complexity index is 1080. The van der Waals surface area contributed by atoms with Crippen LogP contribution in [0.4, 0.5) is 8.78 Å². The van der Waals surface area contributed by atoms with Gasteiger partial charge in [-0.2, -0.15) is 4.31 Å². The van der Waals surface area contributed by atoms with Crippen molar-refractivity contribution in [2.24, 2.45) is 0 Å². The molecule has 0 atom stereocenters. The minimum absolute atomic E-state index is 0.0294. The van der Waals surface area contributed by atoms with E-state index in [0.29, 0.717) is 22.4 Å². The third kappa shape index (κ3) is 4.80. The number of carbonyl (C=O) groups is 1. The van der Waals surface area contributed by atoms with Gasteiger partial charge in [0.25, 0.3) is 0 Å². The summed E-state index contributed by atoms with van der Waals surface area (Å²) in [7, 11) is -2.70. The van der Waals surface area contributed by atoms with E-state index in [1.165, 1.54) is 18.1 Å². The van der Waals surface area contributed by atoms with Crippen molar-refractivity contribution in [3.63, 3.8) is 0 Å². The van der Waals surface area contributed by atoms with Crippen LogP contribution in [0, 0.1) is 11.6 Å². The molecule has 0 unspecified atom stereocenters. The van der Waals surface area contributed by atoms with E-state index in [9.17, 15) is 22.0 Å². The Kier molecular flexibility index (Phi) is 6.74. The molecule has 10 heteroatoms. The van der Waals surface area contributed by atoms with Gasteiger partial charge in [0.2, 0.25) is 15.9 Å². The highest BCUT2D eigenvalue weighted by Crippen LogP contribution is 2.24. The molecule has 160 valence electrons. The normalized spacial score (nSPS) is 15.5. The molecule has 1 saturated heterocycles. The molecule has 1 aliphatic rings.